The summed E-state index contributed by atoms with van der Waals surface area (Å²) in [6.45, 7) is 4.99. The molecule has 0 radical (unpaired) electrons. The van der Waals surface area contributed by atoms with Crippen LogP contribution in [-0.2, 0) is 0 Å². The number of benzene rings is 1. The average Bonchev–Trinajstić information content (AvgIpc) is 2.37. The average molecular weight is 262 g/mol. The number of hydrogen-bond acceptors (Lipinski definition) is 3. The Morgan fingerprint density at radius 3 is 2.84 bits per heavy atom. The Labute approximate surface area is 114 Å². The fourth-order valence-electron chi connectivity index (χ4n) is 2.49. The molecule has 1 fully saturated rings. The van der Waals surface area contributed by atoms with Crippen molar-refractivity contribution >= 4 is 5.91 Å². The van der Waals surface area contributed by atoms with Crippen LogP contribution in [0.1, 0.15) is 35.7 Å². The molecule has 1 aromatic rings. The standard InChI is InChI=1S/C15H22N2O2/c1-10-8-12(4-5-14(10)18)15(19)16-13-6-7-17(3)11(2)9-13/h4-5,8,11,13,18H,6-7,9H2,1-3H3,(H,16,19). The van der Waals surface area contributed by atoms with Crippen LogP contribution in [0, 0.1) is 6.92 Å². The molecule has 4 heteroatoms. The molecule has 1 aliphatic heterocycles. The summed E-state index contributed by atoms with van der Waals surface area (Å²) in [4.78, 5) is 14.5. The molecular formula is C15H22N2O2. The third-order valence-corrected chi connectivity index (χ3v) is 4.00. The molecule has 0 bridgehead atoms. The molecular weight excluding hydrogens is 240 g/mol. The summed E-state index contributed by atoms with van der Waals surface area (Å²) < 4.78 is 0. The topological polar surface area (TPSA) is 52.6 Å². The Bertz CT molecular complexity index is 473. The van der Waals surface area contributed by atoms with E-state index in [0.29, 0.717) is 11.6 Å². The molecule has 1 aliphatic rings. The van der Waals surface area contributed by atoms with Crippen LogP contribution in [-0.4, -0.2) is 41.6 Å². The van der Waals surface area contributed by atoms with Crippen molar-refractivity contribution in [3.05, 3.63) is 29.3 Å². The van der Waals surface area contributed by atoms with Crippen molar-refractivity contribution in [1.29, 1.82) is 0 Å². The molecule has 2 unspecified atom stereocenters. The second kappa shape index (κ2) is 5.61. The summed E-state index contributed by atoms with van der Waals surface area (Å²) >= 11 is 0. The largest absolute Gasteiger partial charge is 0.508 e. The Morgan fingerprint density at radius 1 is 1.47 bits per heavy atom. The second-order valence-electron chi connectivity index (χ2n) is 5.53. The van der Waals surface area contributed by atoms with Gasteiger partial charge in [0.15, 0.2) is 0 Å². The van der Waals surface area contributed by atoms with Gasteiger partial charge in [0.25, 0.3) is 5.91 Å². The highest BCUT2D eigenvalue weighted by Crippen LogP contribution is 2.19. The third-order valence-electron chi connectivity index (χ3n) is 4.00. The first kappa shape index (κ1) is 13.9. The summed E-state index contributed by atoms with van der Waals surface area (Å²) in [5.74, 6) is 0.175. The Balaban J connectivity index is 1.99. The summed E-state index contributed by atoms with van der Waals surface area (Å²) in [5, 5.41) is 12.6. The Hall–Kier alpha value is -1.55. The number of nitrogens with zero attached hydrogens (tertiary/aromatic N) is 1. The van der Waals surface area contributed by atoms with Gasteiger partial charge in [-0.3, -0.25) is 4.79 Å². The lowest BCUT2D eigenvalue weighted by atomic mass is 9.98. The van der Waals surface area contributed by atoms with Crippen LogP contribution in [0.4, 0.5) is 0 Å². The molecule has 0 spiro atoms. The van der Waals surface area contributed by atoms with Crippen LogP contribution in [0.15, 0.2) is 18.2 Å². The van der Waals surface area contributed by atoms with Gasteiger partial charge in [-0.1, -0.05) is 0 Å². The predicted octanol–water partition coefficient (Wildman–Crippen LogP) is 1.91. The number of piperidine rings is 1. The molecule has 2 rings (SSSR count). The van der Waals surface area contributed by atoms with E-state index in [1.807, 2.05) is 0 Å². The van der Waals surface area contributed by atoms with Gasteiger partial charge in [-0.15, -0.1) is 0 Å². The van der Waals surface area contributed by atoms with Gasteiger partial charge < -0.3 is 15.3 Å². The van der Waals surface area contributed by atoms with E-state index >= 15 is 0 Å². The van der Waals surface area contributed by atoms with Crippen LogP contribution in [0.2, 0.25) is 0 Å². The lowest BCUT2D eigenvalue weighted by molar-refractivity contribution is 0.0896. The molecule has 1 aromatic carbocycles. The van der Waals surface area contributed by atoms with E-state index in [9.17, 15) is 9.90 Å². The zero-order valence-electron chi connectivity index (χ0n) is 11.8. The van der Waals surface area contributed by atoms with Crippen molar-refractivity contribution in [2.75, 3.05) is 13.6 Å². The lowest BCUT2D eigenvalue weighted by Crippen LogP contribution is -2.47. The highest BCUT2D eigenvalue weighted by atomic mass is 16.3. The van der Waals surface area contributed by atoms with Crippen molar-refractivity contribution in [3.8, 4) is 5.75 Å². The van der Waals surface area contributed by atoms with Gasteiger partial charge in [0.05, 0.1) is 0 Å². The smallest absolute Gasteiger partial charge is 0.251 e. The minimum atomic E-state index is -0.0511. The summed E-state index contributed by atoms with van der Waals surface area (Å²) in [6, 6.07) is 5.70. The molecule has 1 heterocycles. The minimum Gasteiger partial charge on any atom is -0.508 e. The summed E-state index contributed by atoms with van der Waals surface area (Å²) in [6.07, 6.45) is 1.98. The van der Waals surface area contributed by atoms with E-state index < -0.39 is 0 Å². The number of likely N-dealkylation sites (tertiary alicyclic amines) is 1. The van der Waals surface area contributed by atoms with Crippen molar-refractivity contribution in [2.45, 2.75) is 38.8 Å². The van der Waals surface area contributed by atoms with Gasteiger partial charge in [0, 0.05) is 24.2 Å². The van der Waals surface area contributed by atoms with E-state index in [1.165, 1.54) is 0 Å². The zero-order valence-corrected chi connectivity index (χ0v) is 11.8. The number of nitrogens with one attached hydrogen (secondary N) is 1. The Morgan fingerprint density at radius 2 is 2.21 bits per heavy atom. The molecule has 1 amide bonds. The molecule has 2 atom stereocenters. The first-order chi connectivity index (χ1) is 8.97. The maximum Gasteiger partial charge on any atom is 0.251 e. The molecule has 19 heavy (non-hydrogen) atoms. The zero-order chi connectivity index (χ0) is 14.0. The SMILES string of the molecule is Cc1cc(C(=O)NC2CCN(C)C(C)C2)ccc1O. The van der Waals surface area contributed by atoms with Gasteiger partial charge >= 0.3 is 0 Å². The number of aromatic hydroxyl groups is 1. The van der Waals surface area contributed by atoms with Gasteiger partial charge in [-0.2, -0.15) is 0 Å². The van der Waals surface area contributed by atoms with E-state index in [-0.39, 0.29) is 17.7 Å². The summed E-state index contributed by atoms with van der Waals surface area (Å²) in [7, 11) is 2.12. The van der Waals surface area contributed by atoms with Crippen molar-refractivity contribution in [2.24, 2.45) is 0 Å². The fraction of sp³-hybridized carbons (Fsp3) is 0.533. The van der Waals surface area contributed by atoms with Gasteiger partial charge in [-0.25, -0.2) is 0 Å². The predicted molar refractivity (Wildman–Crippen MR) is 75.4 cm³/mol. The second-order valence-corrected chi connectivity index (χ2v) is 5.53. The van der Waals surface area contributed by atoms with Crippen molar-refractivity contribution < 1.29 is 9.90 Å². The first-order valence-corrected chi connectivity index (χ1v) is 6.78. The minimum absolute atomic E-state index is 0.0511. The van der Waals surface area contributed by atoms with Crippen molar-refractivity contribution in [3.63, 3.8) is 0 Å². The van der Waals surface area contributed by atoms with Crippen LogP contribution >= 0.6 is 0 Å². The van der Waals surface area contributed by atoms with Gasteiger partial charge in [0.2, 0.25) is 0 Å². The number of aryl methyl sites for hydroxylation is 1. The number of hydrogen-bond donors (Lipinski definition) is 2. The molecule has 0 aliphatic carbocycles. The van der Waals surface area contributed by atoms with E-state index in [2.05, 4.69) is 24.2 Å². The molecule has 104 valence electrons. The van der Waals surface area contributed by atoms with Crippen LogP contribution in [0.3, 0.4) is 0 Å². The lowest BCUT2D eigenvalue weighted by Gasteiger charge is -2.35. The number of rotatable bonds is 2. The number of carbonyl (C=O) groups is 1. The fourth-order valence-corrected chi connectivity index (χ4v) is 2.49. The third kappa shape index (κ3) is 3.26. The van der Waals surface area contributed by atoms with Gasteiger partial charge in [0.1, 0.15) is 5.75 Å². The van der Waals surface area contributed by atoms with Crippen LogP contribution in [0.25, 0.3) is 0 Å². The number of carbonyl (C=O) groups excluding carboxylic acids is 1. The highest BCUT2D eigenvalue weighted by Gasteiger charge is 2.24. The molecule has 0 saturated carbocycles. The number of phenolic OH excluding ortho intramolecular Hbond substituents is 1. The maximum atomic E-state index is 12.2. The van der Waals surface area contributed by atoms with E-state index in [1.54, 1.807) is 25.1 Å². The first-order valence-electron chi connectivity index (χ1n) is 6.78. The maximum absolute atomic E-state index is 12.2. The molecule has 2 N–H and O–H groups in total. The van der Waals surface area contributed by atoms with Crippen LogP contribution < -0.4 is 5.32 Å². The monoisotopic (exact) mass is 262 g/mol. The number of phenols is 1. The van der Waals surface area contributed by atoms with Crippen molar-refractivity contribution in [1.82, 2.24) is 10.2 Å². The molecule has 1 saturated heterocycles. The highest BCUT2D eigenvalue weighted by molar-refractivity contribution is 5.94. The normalized spacial score (nSPS) is 24.2. The summed E-state index contributed by atoms with van der Waals surface area (Å²) in [5.41, 5.74) is 1.34. The molecule has 0 aromatic heterocycles. The Kier molecular flexibility index (Phi) is 4.10. The van der Waals surface area contributed by atoms with E-state index in [4.69, 9.17) is 0 Å². The van der Waals surface area contributed by atoms with Gasteiger partial charge in [-0.05, 0) is 57.5 Å². The quantitative estimate of drug-likeness (QED) is 0.856. The molecule has 4 nitrogen and oxygen atoms in total. The van der Waals surface area contributed by atoms with E-state index in [0.717, 1.165) is 24.9 Å². The number of amides is 1. The van der Waals surface area contributed by atoms with Crippen LogP contribution in [0.5, 0.6) is 5.75 Å².